The molecule has 1 aromatic heterocycles. The lowest BCUT2D eigenvalue weighted by Gasteiger charge is -2.10. The number of rotatable bonds is 4. The first-order valence-electron chi connectivity index (χ1n) is 7.50. The second-order valence-corrected chi connectivity index (χ2v) is 5.49. The smallest absolute Gasteiger partial charge is 0.323 e. The van der Waals surface area contributed by atoms with Gasteiger partial charge in [0.1, 0.15) is 6.04 Å². The number of fused-ring (bicyclic) bond motifs is 3. The first-order chi connectivity index (χ1) is 10.6. The summed E-state index contributed by atoms with van der Waals surface area (Å²) in [6.07, 6.45) is 0.484. The third kappa shape index (κ3) is 2.46. The number of para-hydroxylation sites is 1. The van der Waals surface area contributed by atoms with Crippen LogP contribution in [0.1, 0.15) is 12.5 Å². The normalized spacial score (nSPS) is 12.7. The average Bonchev–Trinajstić information content (AvgIpc) is 2.81. The molecular weight excluding hydrogens is 276 g/mol. The number of esters is 1. The van der Waals surface area contributed by atoms with Gasteiger partial charge in [0.05, 0.1) is 6.61 Å². The molecule has 0 fully saturated rings. The molecule has 0 amide bonds. The number of ether oxygens (including phenoxy) is 1. The monoisotopic (exact) mass is 296 g/mol. The van der Waals surface area contributed by atoms with Gasteiger partial charge in [0, 0.05) is 28.9 Å². The Balaban J connectivity index is 1.99. The van der Waals surface area contributed by atoms with E-state index in [9.17, 15) is 4.79 Å². The van der Waals surface area contributed by atoms with E-state index in [1.165, 1.54) is 21.8 Å². The van der Waals surface area contributed by atoms with Gasteiger partial charge in [-0.3, -0.25) is 4.79 Å². The van der Waals surface area contributed by atoms with Gasteiger partial charge in [-0.2, -0.15) is 0 Å². The Hall–Kier alpha value is -2.33. The maximum atomic E-state index is 11.7. The van der Waals surface area contributed by atoms with Crippen molar-refractivity contribution in [1.82, 2.24) is 4.57 Å². The summed E-state index contributed by atoms with van der Waals surface area (Å²) in [5.41, 5.74) is 9.34. The first-order valence-corrected chi connectivity index (χ1v) is 7.50. The Morgan fingerprint density at radius 3 is 2.68 bits per heavy atom. The minimum atomic E-state index is -0.618. The number of carbonyl (C=O) groups is 1. The lowest BCUT2D eigenvalue weighted by atomic mass is 10.0. The Bertz CT molecular complexity index is 836. The zero-order valence-corrected chi connectivity index (χ0v) is 12.9. The van der Waals surface area contributed by atoms with Crippen LogP contribution in [0.5, 0.6) is 0 Å². The number of hydrogen-bond acceptors (Lipinski definition) is 3. The second-order valence-electron chi connectivity index (χ2n) is 5.49. The fourth-order valence-corrected chi connectivity index (χ4v) is 2.93. The fourth-order valence-electron chi connectivity index (χ4n) is 2.93. The summed E-state index contributed by atoms with van der Waals surface area (Å²) >= 11 is 0. The highest BCUT2D eigenvalue weighted by Crippen LogP contribution is 2.28. The highest BCUT2D eigenvalue weighted by Gasteiger charge is 2.16. The third-order valence-corrected chi connectivity index (χ3v) is 4.02. The molecule has 0 spiro atoms. The van der Waals surface area contributed by atoms with Crippen LogP contribution in [0.3, 0.4) is 0 Å². The van der Waals surface area contributed by atoms with Crippen molar-refractivity contribution in [2.24, 2.45) is 12.8 Å². The van der Waals surface area contributed by atoms with Crippen molar-refractivity contribution in [2.75, 3.05) is 6.61 Å². The number of carbonyl (C=O) groups excluding carboxylic acids is 1. The van der Waals surface area contributed by atoms with Gasteiger partial charge >= 0.3 is 5.97 Å². The number of benzene rings is 2. The van der Waals surface area contributed by atoms with E-state index < -0.39 is 6.04 Å². The van der Waals surface area contributed by atoms with E-state index >= 15 is 0 Å². The lowest BCUT2D eigenvalue weighted by molar-refractivity contribution is -0.144. The molecule has 0 saturated carbocycles. The van der Waals surface area contributed by atoms with E-state index in [1.807, 2.05) is 18.2 Å². The van der Waals surface area contributed by atoms with Crippen molar-refractivity contribution in [3.8, 4) is 0 Å². The van der Waals surface area contributed by atoms with Gasteiger partial charge in [-0.15, -0.1) is 0 Å². The van der Waals surface area contributed by atoms with Crippen LogP contribution >= 0.6 is 0 Å². The van der Waals surface area contributed by atoms with Gasteiger partial charge in [-0.1, -0.05) is 24.3 Å². The van der Waals surface area contributed by atoms with Crippen molar-refractivity contribution >= 4 is 27.8 Å². The molecule has 1 unspecified atom stereocenters. The van der Waals surface area contributed by atoms with Crippen LogP contribution < -0.4 is 5.73 Å². The molecule has 4 nitrogen and oxygen atoms in total. The van der Waals surface area contributed by atoms with Crippen LogP contribution in [-0.2, 0) is 23.0 Å². The molecule has 4 heteroatoms. The Morgan fingerprint density at radius 2 is 1.91 bits per heavy atom. The standard InChI is InChI=1S/C18H20N2O2/c1-3-22-18(21)15(19)11-12-8-9-17-14(10-12)13-6-4-5-7-16(13)20(17)2/h4-10,15H,3,11,19H2,1-2H3. The average molecular weight is 296 g/mol. The van der Waals surface area contributed by atoms with E-state index in [0.29, 0.717) is 13.0 Å². The van der Waals surface area contributed by atoms with Crippen LogP contribution in [0.2, 0.25) is 0 Å². The van der Waals surface area contributed by atoms with E-state index in [4.69, 9.17) is 10.5 Å². The summed E-state index contributed by atoms with van der Waals surface area (Å²) < 4.78 is 7.15. The quantitative estimate of drug-likeness (QED) is 0.753. The summed E-state index contributed by atoms with van der Waals surface area (Å²) in [6.45, 7) is 2.14. The van der Waals surface area contributed by atoms with Crippen LogP contribution in [0, 0.1) is 0 Å². The fraction of sp³-hybridized carbons (Fsp3) is 0.278. The van der Waals surface area contributed by atoms with Gasteiger partial charge in [0.2, 0.25) is 0 Å². The van der Waals surface area contributed by atoms with Crippen LogP contribution in [0.4, 0.5) is 0 Å². The minimum Gasteiger partial charge on any atom is -0.465 e. The highest BCUT2D eigenvalue weighted by atomic mass is 16.5. The van der Waals surface area contributed by atoms with Crippen LogP contribution in [0.15, 0.2) is 42.5 Å². The SMILES string of the molecule is CCOC(=O)C(N)Cc1ccc2c(c1)c1ccccc1n2C. The van der Waals surface area contributed by atoms with Gasteiger partial charge < -0.3 is 15.0 Å². The predicted octanol–water partition coefficient (Wildman–Crippen LogP) is 2.76. The molecule has 0 aliphatic rings. The topological polar surface area (TPSA) is 57.2 Å². The van der Waals surface area contributed by atoms with E-state index in [1.54, 1.807) is 6.92 Å². The van der Waals surface area contributed by atoms with Gasteiger partial charge in [0.25, 0.3) is 0 Å². The van der Waals surface area contributed by atoms with E-state index in [2.05, 4.69) is 35.9 Å². The molecular formula is C18H20N2O2. The molecule has 2 N–H and O–H groups in total. The minimum absolute atomic E-state index is 0.347. The summed E-state index contributed by atoms with van der Waals surface area (Å²) in [7, 11) is 2.06. The Kier molecular flexibility index (Phi) is 3.86. The largest absolute Gasteiger partial charge is 0.465 e. The third-order valence-electron chi connectivity index (χ3n) is 4.02. The van der Waals surface area contributed by atoms with Crippen molar-refractivity contribution in [2.45, 2.75) is 19.4 Å². The van der Waals surface area contributed by atoms with Crippen molar-refractivity contribution in [1.29, 1.82) is 0 Å². The summed E-state index contributed by atoms with van der Waals surface area (Å²) in [4.78, 5) is 11.7. The highest BCUT2D eigenvalue weighted by molar-refractivity contribution is 6.08. The van der Waals surface area contributed by atoms with Gasteiger partial charge in [0.15, 0.2) is 0 Å². The molecule has 0 radical (unpaired) electrons. The molecule has 3 aromatic rings. The van der Waals surface area contributed by atoms with Crippen molar-refractivity contribution < 1.29 is 9.53 Å². The molecule has 0 saturated heterocycles. The predicted molar refractivity (Wildman–Crippen MR) is 88.7 cm³/mol. The van der Waals surface area contributed by atoms with Crippen LogP contribution in [-0.4, -0.2) is 23.2 Å². The summed E-state index contributed by atoms with van der Waals surface area (Å²) in [5, 5.41) is 2.40. The van der Waals surface area contributed by atoms with Gasteiger partial charge in [-0.25, -0.2) is 0 Å². The number of nitrogens with two attached hydrogens (primary N) is 1. The zero-order valence-electron chi connectivity index (χ0n) is 12.9. The molecule has 0 bridgehead atoms. The summed E-state index contributed by atoms with van der Waals surface area (Å²) in [5.74, 6) is -0.347. The number of aryl methyl sites for hydroxylation is 1. The molecule has 22 heavy (non-hydrogen) atoms. The van der Waals surface area contributed by atoms with Crippen LogP contribution in [0.25, 0.3) is 21.8 Å². The molecule has 1 atom stereocenters. The zero-order chi connectivity index (χ0) is 15.7. The lowest BCUT2D eigenvalue weighted by Crippen LogP contribution is -2.34. The number of aromatic nitrogens is 1. The van der Waals surface area contributed by atoms with E-state index in [0.717, 1.165) is 5.56 Å². The Labute approximate surface area is 129 Å². The molecule has 0 aliphatic heterocycles. The second kappa shape index (κ2) is 5.81. The molecule has 2 aromatic carbocycles. The molecule has 3 rings (SSSR count). The number of nitrogens with zero attached hydrogens (tertiary/aromatic N) is 1. The first kappa shape index (κ1) is 14.6. The van der Waals surface area contributed by atoms with Gasteiger partial charge in [-0.05, 0) is 37.1 Å². The molecule has 1 heterocycles. The van der Waals surface area contributed by atoms with Crippen molar-refractivity contribution in [3.05, 3.63) is 48.0 Å². The van der Waals surface area contributed by atoms with E-state index in [-0.39, 0.29) is 5.97 Å². The van der Waals surface area contributed by atoms with Crippen molar-refractivity contribution in [3.63, 3.8) is 0 Å². The summed E-state index contributed by atoms with van der Waals surface area (Å²) in [6, 6.07) is 13.9. The Morgan fingerprint density at radius 1 is 1.18 bits per heavy atom. The molecule has 114 valence electrons. The molecule has 0 aliphatic carbocycles. The number of hydrogen-bond donors (Lipinski definition) is 1. The maximum absolute atomic E-state index is 11.7. The maximum Gasteiger partial charge on any atom is 0.323 e.